The molecule has 0 aliphatic heterocycles. The van der Waals surface area contributed by atoms with Crippen molar-refractivity contribution in [2.24, 2.45) is 0 Å². The van der Waals surface area contributed by atoms with Crippen molar-refractivity contribution in [3.05, 3.63) is 76.7 Å². The number of aryl methyl sites for hydroxylation is 3. The molecule has 0 saturated carbocycles. The van der Waals surface area contributed by atoms with E-state index in [4.69, 9.17) is 29.9 Å². The molecule has 2 aromatic carbocycles. The van der Waals surface area contributed by atoms with Crippen molar-refractivity contribution in [1.82, 2.24) is 24.3 Å². The summed E-state index contributed by atoms with van der Waals surface area (Å²) in [6.45, 7) is 12.0. The fourth-order valence-corrected chi connectivity index (χ4v) is 5.61. The third-order valence-electron chi connectivity index (χ3n) is 7.65. The van der Waals surface area contributed by atoms with Gasteiger partial charge >= 0.3 is 12.1 Å². The molecule has 13 heteroatoms. The molecule has 0 saturated heterocycles. The average molecular weight is 656 g/mol. The largest absolute Gasteiger partial charge is 0.489 e. The summed E-state index contributed by atoms with van der Waals surface area (Å²) >= 11 is 0. The first-order chi connectivity index (χ1) is 22.8. The van der Waals surface area contributed by atoms with E-state index >= 15 is 0 Å². The van der Waals surface area contributed by atoms with Gasteiger partial charge in [-0.2, -0.15) is 5.10 Å². The van der Waals surface area contributed by atoms with Crippen LogP contribution in [-0.4, -0.2) is 60.8 Å². The van der Waals surface area contributed by atoms with Crippen molar-refractivity contribution in [2.45, 2.75) is 66.7 Å². The molecule has 0 fully saturated rings. The Kier molecular flexibility index (Phi) is 9.71. The number of hydrogen-bond acceptors (Lipinski definition) is 9. The van der Waals surface area contributed by atoms with Crippen LogP contribution in [0.5, 0.6) is 5.75 Å². The Hall–Kier alpha value is -5.43. The Morgan fingerprint density at radius 1 is 1.04 bits per heavy atom. The van der Waals surface area contributed by atoms with Crippen LogP contribution in [0.1, 0.15) is 60.1 Å². The molecule has 0 bridgehead atoms. The van der Waals surface area contributed by atoms with Crippen molar-refractivity contribution in [3.8, 4) is 22.7 Å². The predicted molar refractivity (Wildman–Crippen MR) is 183 cm³/mol. The zero-order chi connectivity index (χ0) is 34.7. The number of nitrogen functional groups attached to an aromatic ring is 1. The number of anilines is 2. The van der Waals surface area contributed by atoms with Gasteiger partial charge in [-0.15, -0.1) is 0 Å². The van der Waals surface area contributed by atoms with Crippen LogP contribution >= 0.6 is 0 Å². The van der Waals surface area contributed by atoms with E-state index in [-0.39, 0.29) is 33.9 Å². The molecule has 0 radical (unpaired) electrons. The van der Waals surface area contributed by atoms with E-state index in [1.165, 1.54) is 6.20 Å². The van der Waals surface area contributed by atoms with Crippen LogP contribution in [0.2, 0.25) is 0 Å². The summed E-state index contributed by atoms with van der Waals surface area (Å²) < 4.78 is 20.2. The maximum absolute atomic E-state index is 13.0. The zero-order valence-electron chi connectivity index (χ0n) is 28.2. The SMILES string of the molecule is COCCCn1ncc(-c2nc(C)nc3c2c(C(=O)O)c(N)n3-c2c(C)ccc(OCc3ccccc3)c2C)c1NC(=O)OC(C)(C)C. The smallest absolute Gasteiger partial charge is 0.413 e. The van der Waals surface area contributed by atoms with Gasteiger partial charge in [0.1, 0.15) is 41.0 Å². The summed E-state index contributed by atoms with van der Waals surface area (Å²) in [6.07, 6.45) is 1.44. The van der Waals surface area contributed by atoms with Gasteiger partial charge in [0.15, 0.2) is 5.65 Å². The number of nitrogens with one attached hydrogen (secondary N) is 1. The number of methoxy groups -OCH3 is 1. The maximum Gasteiger partial charge on any atom is 0.413 e. The van der Waals surface area contributed by atoms with Crippen molar-refractivity contribution in [3.63, 3.8) is 0 Å². The van der Waals surface area contributed by atoms with Gasteiger partial charge in [-0.25, -0.2) is 24.2 Å². The second-order valence-corrected chi connectivity index (χ2v) is 12.5. The minimum absolute atomic E-state index is 0.0285. The van der Waals surface area contributed by atoms with Crippen LogP contribution in [0.15, 0.2) is 48.7 Å². The Balaban J connectivity index is 1.72. The molecule has 1 amide bonds. The normalized spacial score (nSPS) is 11.6. The molecule has 48 heavy (non-hydrogen) atoms. The second-order valence-electron chi connectivity index (χ2n) is 12.5. The molecule has 252 valence electrons. The van der Waals surface area contributed by atoms with Crippen LogP contribution in [-0.2, 0) is 22.6 Å². The molecule has 0 spiro atoms. The number of carbonyl (C=O) groups excluding carboxylic acids is 1. The highest BCUT2D eigenvalue weighted by Gasteiger charge is 2.31. The Morgan fingerprint density at radius 3 is 2.44 bits per heavy atom. The van der Waals surface area contributed by atoms with Crippen molar-refractivity contribution in [2.75, 3.05) is 24.8 Å². The van der Waals surface area contributed by atoms with E-state index < -0.39 is 17.7 Å². The first-order valence-corrected chi connectivity index (χ1v) is 15.5. The molecule has 5 rings (SSSR count). The van der Waals surface area contributed by atoms with Crippen LogP contribution in [0.3, 0.4) is 0 Å². The third kappa shape index (κ3) is 6.95. The molecule has 3 heterocycles. The Bertz CT molecular complexity index is 1980. The van der Waals surface area contributed by atoms with Crippen molar-refractivity contribution >= 4 is 34.7 Å². The number of carboxylic acid groups (broad SMARTS) is 1. The molecule has 0 aliphatic rings. The van der Waals surface area contributed by atoms with E-state index in [1.54, 1.807) is 44.1 Å². The number of rotatable bonds is 11. The van der Waals surface area contributed by atoms with E-state index in [0.29, 0.717) is 49.0 Å². The molecule has 3 aromatic heterocycles. The van der Waals surface area contributed by atoms with E-state index in [1.807, 2.05) is 56.3 Å². The molecule has 13 nitrogen and oxygen atoms in total. The van der Waals surface area contributed by atoms with Crippen LogP contribution in [0, 0.1) is 20.8 Å². The molecule has 4 N–H and O–H groups in total. The number of carbonyl (C=O) groups is 2. The number of benzene rings is 2. The molecular formula is C35H41N7O6. The monoisotopic (exact) mass is 655 g/mol. The summed E-state index contributed by atoms with van der Waals surface area (Å²) in [7, 11) is 1.60. The number of aromatic nitrogens is 5. The number of amides is 1. The number of ether oxygens (including phenoxy) is 3. The topological polar surface area (TPSA) is 169 Å². The lowest BCUT2D eigenvalue weighted by Gasteiger charge is -2.20. The maximum atomic E-state index is 13.0. The van der Waals surface area contributed by atoms with Gasteiger partial charge in [-0.1, -0.05) is 36.4 Å². The van der Waals surface area contributed by atoms with Crippen molar-refractivity contribution in [1.29, 1.82) is 0 Å². The van der Waals surface area contributed by atoms with Gasteiger partial charge in [0.2, 0.25) is 0 Å². The third-order valence-corrected chi connectivity index (χ3v) is 7.65. The highest BCUT2D eigenvalue weighted by molar-refractivity contribution is 6.13. The Morgan fingerprint density at radius 2 is 1.77 bits per heavy atom. The molecule has 0 aliphatic carbocycles. The zero-order valence-corrected chi connectivity index (χ0v) is 28.2. The van der Waals surface area contributed by atoms with Crippen LogP contribution in [0.4, 0.5) is 16.4 Å². The number of carboxylic acids is 1. The van der Waals surface area contributed by atoms with Crippen LogP contribution in [0.25, 0.3) is 28.0 Å². The fourth-order valence-electron chi connectivity index (χ4n) is 5.61. The lowest BCUT2D eigenvalue weighted by atomic mass is 10.1. The van der Waals surface area contributed by atoms with E-state index in [9.17, 15) is 14.7 Å². The summed E-state index contributed by atoms with van der Waals surface area (Å²) in [5, 5.41) is 18.1. The van der Waals surface area contributed by atoms with Gasteiger partial charge < -0.3 is 25.1 Å². The lowest BCUT2D eigenvalue weighted by Crippen LogP contribution is -2.28. The first-order valence-electron chi connectivity index (χ1n) is 15.5. The van der Waals surface area contributed by atoms with Gasteiger partial charge in [0.25, 0.3) is 0 Å². The minimum atomic E-state index is -1.26. The summed E-state index contributed by atoms with van der Waals surface area (Å²) in [5.74, 6) is -0.0312. The van der Waals surface area contributed by atoms with Gasteiger partial charge in [0, 0.05) is 25.8 Å². The molecule has 5 aromatic rings. The number of nitrogens with zero attached hydrogens (tertiary/aromatic N) is 5. The molecular weight excluding hydrogens is 614 g/mol. The summed E-state index contributed by atoms with van der Waals surface area (Å²) in [5.41, 5.74) is 9.92. The van der Waals surface area contributed by atoms with E-state index in [2.05, 4.69) is 10.4 Å². The quantitative estimate of drug-likeness (QED) is 0.134. The lowest BCUT2D eigenvalue weighted by molar-refractivity contribution is 0.0632. The highest BCUT2D eigenvalue weighted by Crippen LogP contribution is 2.41. The van der Waals surface area contributed by atoms with Gasteiger partial charge in [-0.3, -0.25) is 9.88 Å². The standard InChI is InChI=1S/C35H41N7O6/c1-20-14-15-25(47-19-23-12-9-8-10-13-23)21(2)29(20)42-30(36)27(33(43)44)26-28(38-22(3)39-32(26)42)24-18-37-41(16-11-17-46-7)31(24)40-34(45)48-35(4,5)6/h8-10,12-15,18H,11,16-17,19,36H2,1-7H3,(H,40,45)(H,43,44). The molecule has 0 atom stereocenters. The van der Waals surface area contributed by atoms with Gasteiger partial charge in [-0.05, 0) is 65.2 Å². The van der Waals surface area contributed by atoms with Gasteiger partial charge in [0.05, 0.1) is 28.5 Å². The minimum Gasteiger partial charge on any atom is -0.489 e. The van der Waals surface area contributed by atoms with E-state index in [0.717, 1.165) is 16.7 Å². The fraction of sp³-hybridized carbons (Fsp3) is 0.343. The first kappa shape index (κ1) is 33.9. The van der Waals surface area contributed by atoms with Crippen molar-refractivity contribution < 1.29 is 28.9 Å². The Labute approximate surface area is 278 Å². The highest BCUT2D eigenvalue weighted by atomic mass is 16.6. The number of nitrogens with two attached hydrogens (primary N) is 1. The predicted octanol–water partition coefficient (Wildman–Crippen LogP) is 6.45. The molecule has 0 unspecified atom stereocenters. The number of aromatic carboxylic acids is 1. The average Bonchev–Trinajstić information content (AvgIpc) is 3.53. The summed E-state index contributed by atoms with van der Waals surface area (Å²) in [4.78, 5) is 35.4. The number of fused-ring (bicyclic) bond motifs is 1. The summed E-state index contributed by atoms with van der Waals surface area (Å²) in [6, 6.07) is 13.6. The number of hydrogen-bond donors (Lipinski definition) is 3. The second kappa shape index (κ2) is 13.7. The van der Waals surface area contributed by atoms with Crippen LogP contribution < -0.4 is 15.8 Å².